The van der Waals surface area contributed by atoms with E-state index in [4.69, 9.17) is 0 Å². The molecule has 0 aromatic heterocycles. The molecule has 1 aliphatic carbocycles. The Labute approximate surface area is 125 Å². The third-order valence-corrected chi connectivity index (χ3v) is 5.80. The van der Waals surface area contributed by atoms with Crippen LogP contribution in [0.4, 0.5) is 0 Å². The van der Waals surface area contributed by atoms with Gasteiger partial charge in [-0.1, -0.05) is 19.3 Å². The SMILES string of the molecule is CC(C)(C)N1CCN(CC2(CS)CCCCC2)CC1. The molecule has 2 nitrogen and oxygen atoms in total. The molecule has 1 saturated heterocycles. The highest BCUT2D eigenvalue weighted by Crippen LogP contribution is 2.38. The van der Waals surface area contributed by atoms with Crippen LogP contribution >= 0.6 is 12.6 Å². The van der Waals surface area contributed by atoms with Crippen molar-refractivity contribution in [3.8, 4) is 0 Å². The van der Waals surface area contributed by atoms with Crippen LogP contribution in [0.5, 0.6) is 0 Å². The Bertz CT molecular complexity index is 271. The zero-order valence-electron chi connectivity index (χ0n) is 13.1. The summed E-state index contributed by atoms with van der Waals surface area (Å²) in [6.45, 7) is 13.2. The zero-order chi connectivity index (χ0) is 13.9. The monoisotopic (exact) mass is 284 g/mol. The van der Waals surface area contributed by atoms with Gasteiger partial charge in [0.15, 0.2) is 0 Å². The number of hydrogen-bond donors (Lipinski definition) is 1. The van der Waals surface area contributed by atoms with Gasteiger partial charge in [0.25, 0.3) is 0 Å². The second-order valence-electron chi connectivity index (χ2n) is 7.65. The highest BCUT2D eigenvalue weighted by atomic mass is 32.1. The lowest BCUT2D eigenvalue weighted by Gasteiger charge is -2.46. The molecule has 0 aromatic rings. The van der Waals surface area contributed by atoms with Crippen molar-refractivity contribution in [3.05, 3.63) is 0 Å². The van der Waals surface area contributed by atoms with Crippen molar-refractivity contribution < 1.29 is 0 Å². The first-order chi connectivity index (χ1) is 8.95. The van der Waals surface area contributed by atoms with E-state index in [9.17, 15) is 0 Å². The van der Waals surface area contributed by atoms with E-state index in [-0.39, 0.29) is 0 Å². The molecule has 0 amide bonds. The first kappa shape index (κ1) is 15.7. The highest BCUT2D eigenvalue weighted by molar-refractivity contribution is 7.80. The molecule has 1 aliphatic heterocycles. The molecule has 112 valence electrons. The first-order valence-corrected chi connectivity index (χ1v) is 8.67. The molecule has 0 N–H and O–H groups in total. The highest BCUT2D eigenvalue weighted by Gasteiger charge is 2.34. The molecule has 0 aromatic carbocycles. The van der Waals surface area contributed by atoms with Crippen molar-refractivity contribution in [1.29, 1.82) is 0 Å². The molecular weight excluding hydrogens is 252 g/mol. The van der Waals surface area contributed by atoms with E-state index in [0.717, 1.165) is 5.75 Å². The minimum absolute atomic E-state index is 0.332. The number of nitrogens with zero attached hydrogens (tertiary/aromatic N) is 2. The van der Waals surface area contributed by atoms with Gasteiger partial charge in [-0.25, -0.2) is 0 Å². The smallest absolute Gasteiger partial charge is 0.0126 e. The summed E-state index contributed by atoms with van der Waals surface area (Å²) in [6, 6.07) is 0. The van der Waals surface area contributed by atoms with Crippen LogP contribution in [0, 0.1) is 5.41 Å². The summed E-state index contributed by atoms with van der Waals surface area (Å²) in [4.78, 5) is 5.32. The zero-order valence-corrected chi connectivity index (χ0v) is 14.0. The summed E-state index contributed by atoms with van der Waals surface area (Å²) < 4.78 is 0. The molecule has 0 atom stereocenters. The largest absolute Gasteiger partial charge is 0.300 e. The molecule has 1 heterocycles. The van der Waals surface area contributed by atoms with E-state index in [1.54, 1.807) is 0 Å². The lowest BCUT2D eigenvalue weighted by Crippen LogP contribution is -2.55. The predicted molar refractivity (Wildman–Crippen MR) is 87.1 cm³/mol. The van der Waals surface area contributed by atoms with E-state index in [2.05, 4.69) is 43.2 Å². The molecule has 0 radical (unpaired) electrons. The Kier molecular flexibility index (Phi) is 5.24. The maximum atomic E-state index is 4.68. The van der Waals surface area contributed by atoms with Crippen LogP contribution in [0.15, 0.2) is 0 Å². The molecule has 0 unspecified atom stereocenters. The molecule has 2 fully saturated rings. The normalized spacial score (nSPS) is 26.5. The van der Waals surface area contributed by atoms with Gasteiger partial charge in [0, 0.05) is 38.3 Å². The van der Waals surface area contributed by atoms with Gasteiger partial charge in [0.05, 0.1) is 0 Å². The number of piperazine rings is 1. The van der Waals surface area contributed by atoms with Gasteiger partial charge >= 0.3 is 0 Å². The molecule has 3 heteroatoms. The topological polar surface area (TPSA) is 6.48 Å². The number of hydrogen-bond acceptors (Lipinski definition) is 3. The van der Waals surface area contributed by atoms with Gasteiger partial charge in [-0.15, -0.1) is 0 Å². The average Bonchev–Trinajstić information content (AvgIpc) is 2.39. The Balaban J connectivity index is 1.84. The van der Waals surface area contributed by atoms with Crippen molar-refractivity contribution >= 4 is 12.6 Å². The van der Waals surface area contributed by atoms with Crippen LogP contribution in [0.3, 0.4) is 0 Å². The van der Waals surface area contributed by atoms with Crippen LogP contribution in [-0.4, -0.2) is 53.8 Å². The minimum Gasteiger partial charge on any atom is -0.300 e. The third-order valence-electron chi connectivity index (χ3n) is 5.13. The van der Waals surface area contributed by atoms with Gasteiger partial charge in [0.1, 0.15) is 0 Å². The molecule has 1 saturated carbocycles. The van der Waals surface area contributed by atoms with E-state index >= 15 is 0 Å². The van der Waals surface area contributed by atoms with E-state index in [1.807, 2.05) is 0 Å². The van der Waals surface area contributed by atoms with E-state index in [0.29, 0.717) is 11.0 Å². The predicted octanol–water partition coefficient (Wildman–Crippen LogP) is 3.28. The lowest BCUT2D eigenvalue weighted by molar-refractivity contribution is 0.0355. The summed E-state index contributed by atoms with van der Waals surface area (Å²) in [6.07, 6.45) is 7.07. The summed E-state index contributed by atoms with van der Waals surface area (Å²) >= 11 is 4.68. The van der Waals surface area contributed by atoms with Crippen molar-refractivity contribution in [2.24, 2.45) is 5.41 Å². The standard InChI is InChI=1S/C16H32N2S/c1-15(2,3)18-11-9-17(10-12-18)13-16(14-19)7-5-4-6-8-16/h19H,4-14H2,1-3H3. The quantitative estimate of drug-likeness (QED) is 0.795. The maximum Gasteiger partial charge on any atom is 0.0126 e. The van der Waals surface area contributed by atoms with Gasteiger partial charge in [-0.2, -0.15) is 12.6 Å². The van der Waals surface area contributed by atoms with E-state index in [1.165, 1.54) is 64.8 Å². The van der Waals surface area contributed by atoms with Crippen molar-refractivity contribution in [2.45, 2.75) is 58.4 Å². The summed E-state index contributed by atoms with van der Waals surface area (Å²) in [5.74, 6) is 1.08. The van der Waals surface area contributed by atoms with Gasteiger partial charge < -0.3 is 4.90 Å². The van der Waals surface area contributed by atoms with Gasteiger partial charge in [-0.05, 0) is 44.8 Å². The fourth-order valence-corrected chi connectivity index (χ4v) is 4.14. The summed E-state index contributed by atoms with van der Waals surface area (Å²) in [5.41, 5.74) is 0.851. The Morgan fingerprint density at radius 1 is 0.947 bits per heavy atom. The van der Waals surface area contributed by atoms with Gasteiger partial charge in [0.2, 0.25) is 0 Å². The van der Waals surface area contributed by atoms with Crippen molar-refractivity contribution in [2.75, 3.05) is 38.5 Å². The molecule has 2 rings (SSSR count). The molecule has 2 aliphatic rings. The second kappa shape index (κ2) is 6.36. The van der Waals surface area contributed by atoms with Crippen LogP contribution in [0.25, 0.3) is 0 Å². The maximum absolute atomic E-state index is 4.68. The Morgan fingerprint density at radius 2 is 1.53 bits per heavy atom. The van der Waals surface area contributed by atoms with Crippen LogP contribution in [0.1, 0.15) is 52.9 Å². The van der Waals surface area contributed by atoms with Crippen LogP contribution in [0.2, 0.25) is 0 Å². The molecular formula is C16H32N2S. The lowest BCUT2D eigenvalue weighted by atomic mass is 9.75. The molecule has 0 spiro atoms. The fourth-order valence-electron chi connectivity index (χ4n) is 3.72. The van der Waals surface area contributed by atoms with Crippen LogP contribution < -0.4 is 0 Å². The van der Waals surface area contributed by atoms with Crippen LogP contribution in [-0.2, 0) is 0 Å². The molecule has 19 heavy (non-hydrogen) atoms. The first-order valence-electron chi connectivity index (χ1n) is 8.04. The number of rotatable bonds is 3. The second-order valence-corrected chi connectivity index (χ2v) is 7.97. The summed E-state index contributed by atoms with van der Waals surface area (Å²) in [5, 5.41) is 0. The fraction of sp³-hybridized carbons (Fsp3) is 1.00. The van der Waals surface area contributed by atoms with Gasteiger partial charge in [-0.3, -0.25) is 4.90 Å². The Morgan fingerprint density at radius 3 is 2.00 bits per heavy atom. The Hall–Kier alpha value is 0.270. The van der Waals surface area contributed by atoms with E-state index < -0.39 is 0 Å². The van der Waals surface area contributed by atoms with Crippen molar-refractivity contribution in [1.82, 2.24) is 9.80 Å². The minimum atomic E-state index is 0.332. The number of thiol groups is 1. The average molecular weight is 285 g/mol. The molecule has 0 bridgehead atoms. The third kappa shape index (κ3) is 4.12. The summed E-state index contributed by atoms with van der Waals surface area (Å²) in [7, 11) is 0. The van der Waals surface area contributed by atoms with Crippen molar-refractivity contribution in [3.63, 3.8) is 0 Å².